The molecule has 7 heteroatoms. The Labute approximate surface area is 85.7 Å². The lowest BCUT2D eigenvalue weighted by Gasteiger charge is -1.95. The average Bonchev–Trinajstić information content (AvgIpc) is 2.76. The molecule has 0 aliphatic carbocycles. The summed E-state index contributed by atoms with van der Waals surface area (Å²) >= 11 is 0. The Bertz CT molecular complexity index is 447. The van der Waals surface area contributed by atoms with Crippen molar-refractivity contribution in [2.24, 2.45) is 0 Å². The molecule has 2 aromatic rings. The van der Waals surface area contributed by atoms with Gasteiger partial charge in [0.1, 0.15) is 12.2 Å². The second-order valence-corrected chi connectivity index (χ2v) is 3.23. The molecule has 2 rings (SSSR count). The van der Waals surface area contributed by atoms with E-state index in [4.69, 9.17) is 4.42 Å². The molecule has 0 saturated carbocycles. The molecule has 1 N–H and O–H groups in total. The maximum atomic E-state index is 9.24. The summed E-state index contributed by atoms with van der Waals surface area (Å²) in [7, 11) is 0. The largest absolute Gasteiger partial charge is 0.424 e. The van der Waals surface area contributed by atoms with E-state index in [-0.39, 0.29) is 0 Å². The van der Waals surface area contributed by atoms with Gasteiger partial charge in [-0.1, -0.05) is 5.21 Å². The van der Waals surface area contributed by atoms with Crippen molar-refractivity contribution in [3.05, 3.63) is 23.7 Å². The average molecular weight is 209 g/mol. The van der Waals surface area contributed by atoms with E-state index in [0.29, 0.717) is 24.0 Å². The van der Waals surface area contributed by atoms with Crippen LogP contribution in [-0.4, -0.2) is 30.3 Å². The highest BCUT2D eigenvalue weighted by Gasteiger charge is 2.08. The molecule has 0 radical (unpaired) electrons. The van der Waals surface area contributed by atoms with Gasteiger partial charge in [0, 0.05) is 6.92 Å². The van der Waals surface area contributed by atoms with Crippen molar-refractivity contribution in [2.75, 3.05) is 0 Å². The van der Waals surface area contributed by atoms with E-state index in [0.717, 1.165) is 0 Å². The van der Waals surface area contributed by atoms with Gasteiger partial charge in [-0.25, -0.2) is 4.68 Å². The first-order valence-electron chi connectivity index (χ1n) is 4.52. The molecule has 1 atom stereocenters. The van der Waals surface area contributed by atoms with Gasteiger partial charge in [-0.2, -0.15) is 0 Å². The van der Waals surface area contributed by atoms with Gasteiger partial charge in [0.25, 0.3) is 0 Å². The summed E-state index contributed by atoms with van der Waals surface area (Å²) < 4.78 is 6.72. The molecule has 0 bridgehead atoms. The number of nitrogens with zero attached hydrogens (tertiary/aromatic N) is 5. The fourth-order valence-corrected chi connectivity index (χ4v) is 1.12. The standard InChI is InChI=1S/C8H11N5O2/c1-5(14)7-3-13(12-10-7)4-8-11-9-6(2)15-8/h3,5,14H,4H2,1-2H3. The highest BCUT2D eigenvalue weighted by molar-refractivity contribution is 4.96. The monoisotopic (exact) mass is 209 g/mol. The van der Waals surface area contributed by atoms with Crippen molar-refractivity contribution in [3.63, 3.8) is 0 Å². The number of aromatic nitrogens is 5. The fourth-order valence-electron chi connectivity index (χ4n) is 1.12. The third kappa shape index (κ3) is 2.18. The van der Waals surface area contributed by atoms with E-state index in [9.17, 15) is 5.11 Å². The van der Waals surface area contributed by atoms with Crippen molar-refractivity contribution >= 4 is 0 Å². The summed E-state index contributed by atoms with van der Waals surface area (Å²) in [5.41, 5.74) is 0.520. The molecular weight excluding hydrogens is 198 g/mol. The molecule has 0 spiro atoms. The predicted molar refractivity (Wildman–Crippen MR) is 48.8 cm³/mol. The summed E-state index contributed by atoms with van der Waals surface area (Å²) in [5.74, 6) is 0.982. The summed E-state index contributed by atoms with van der Waals surface area (Å²) in [5, 5.41) is 24.4. The van der Waals surface area contributed by atoms with E-state index >= 15 is 0 Å². The smallest absolute Gasteiger partial charge is 0.237 e. The summed E-state index contributed by atoms with van der Waals surface area (Å²) in [6.45, 7) is 3.71. The van der Waals surface area contributed by atoms with Crippen molar-refractivity contribution in [3.8, 4) is 0 Å². The van der Waals surface area contributed by atoms with Crippen LogP contribution in [0.1, 0.15) is 30.5 Å². The second-order valence-electron chi connectivity index (χ2n) is 3.23. The molecular formula is C8H11N5O2. The fraction of sp³-hybridized carbons (Fsp3) is 0.500. The van der Waals surface area contributed by atoms with E-state index in [1.807, 2.05) is 0 Å². The zero-order valence-electron chi connectivity index (χ0n) is 8.45. The molecule has 80 valence electrons. The van der Waals surface area contributed by atoms with Crippen LogP contribution in [0, 0.1) is 6.92 Å². The lowest BCUT2D eigenvalue weighted by atomic mass is 10.3. The molecule has 7 nitrogen and oxygen atoms in total. The molecule has 15 heavy (non-hydrogen) atoms. The van der Waals surface area contributed by atoms with Gasteiger partial charge in [-0.3, -0.25) is 0 Å². The topological polar surface area (TPSA) is 89.9 Å². The number of rotatable bonds is 3. The van der Waals surface area contributed by atoms with Gasteiger partial charge in [-0.15, -0.1) is 15.3 Å². The van der Waals surface area contributed by atoms with Crippen LogP contribution in [0.15, 0.2) is 10.6 Å². The van der Waals surface area contributed by atoms with Crippen LogP contribution in [0.2, 0.25) is 0 Å². The first-order valence-corrected chi connectivity index (χ1v) is 4.52. The van der Waals surface area contributed by atoms with Gasteiger partial charge in [0.15, 0.2) is 0 Å². The van der Waals surface area contributed by atoms with Gasteiger partial charge in [-0.05, 0) is 6.92 Å². The van der Waals surface area contributed by atoms with Gasteiger partial charge in [0.2, 0.25) is 11.8 Å². The van der Waals surface area contributed by atoms with Crippen molar-refractivity contribution in [1.82, 2.24) is 25.2 Å². The Balaban J connectivity index is 2.11. The molecule has 0 aromatic carbocycles. The van der Waals surface area contributed by atoms with E-state index in [2.05, 4.69) is 20.5 Å². The van der Waals surface area contributed by atoms with Crippen molar-refractivity contribution < 1.29 is 9.52 Å². The SMILES string of the molecule is Cc1nnc(Cn2cc(C(C)O)nn2)o1. The third-order valence-electron chi connectivity index (χ3n) is 1.85. The minimum Gasteiger partial charge on any atom is -0.424 e. The third-order valence-corrected chi connectivity index (χ3v) is 1.85. The number of hydrogen-bond acceptors (Lipinski definition) is 6. The lowest BCUT2D eigenvalue weighted by Crippen LogP contribution is -2.00. The molecule has 0 saturated heterocycles. The first kappa shape index (κ1) is 9.78. The van der Waals surface area contributed by atoms with Gasteiger partial charge >= 0.3 is 0 Å². The number of aliphatic hydroxyl groups excluding tert-OH is 1. The minimum absolute atomic E-state index is 0.362. The zero-order valence-corrected chi connectivity index (χ0v) is 8.45. The van der Waals surface area contributed by atoms with E-state index < -0.39 is 6.10 Å². The molecule has 0 aliphatic rings. The minimum atomic E-state index is -0.622. The number of aliphatic hydroxyl groups is 1. The van der Waals surface area contributed by atoms with E-state index in [1.54, 1.807) is 20.0 Å². The molecule has 0 aliphatic heterocycles. The van der Waals surface area contributed by atoms with Gasteiger partial charge in [0.05, 0.1) is 12.3 Å². The van der Waals surface area contributed by atoms with Crippen LogP contribution in [0.5, 0.6) is 0 Å². The maximum absolute atomic E-state index is 9.24. The quantitative estimate of drug-likeness (QED) is 0.769. The Hall–Kier alpha value is -1.76. The first-order chi connectivity index (χ1) is 7.15. The number of hydrogen-bond donors (Lipinski definition) is 1. The Morgan fingerprint density at radius 2 is 2.27 bits per heavy atom. The highest BCUT2D eigenvalue weighted by atomic mass is 16.4. The second kappa shape index (κ2) is 3.77. The number of aryl methyl sites for hydroxylation is 1. The highest BCUT2D eigenvalue weighted by Crippen LogP contribution is 2.07. The predicted octanol–water partition coefficient (Wildman–Crippen LogP) is 0.0711. The summed E-state index contributed by atoms with van der Waals surface area (Å²) in [6, 6.07) is 0. The molecule has 2 heterocycles. The van der Waals surface area contributed by atoms with Crippen LogP contribution in [0.4, 0.5) is 0 Å². The van der Waals surface area contributed by atoms with E-state index in [1.165, 1.54) is 4.68 Å². The maximum Gasteiger partial charge on any atom is 0.237 e. The molecule has 2 aromatic heterocycles. The van der Waals surface area contributed by atoms with Crippen LogP contribution in [0.3, 0.4) is 0 Å². The Morgan fingerprint density at radius 3 is 2.80 bits per heavy atom. The molecule has 0 fully saturated rings. The van der Waals surface area contributed by atoms with Crippen LogP contribution in [-0.2, 0) is 6.54 Å². The van der Waals surface area contributed by atoms with Crippen LogP contribution < -0.4 is 0 Å². The van der Waals surface area contributed by atoms with Crippen molar-refractivity contribution in [2.45, 2.75) is 26.5 Å². The van der Waals surface area contributed by atoms with Crippen LogP contribution in [0.25, 0.3) is 0 Å². The van der Waals surface area contributed by atoms with Gasteiger partial charge < -0.3 is 9.52 Å². The normalized spacial score (nSPS) is 13.0. The van der Waals surface area contributed by atoms with Crippen molar-refractivity contribution in [1.29, 1.82) is 0 Å². The summed E-state index contributed by atoms with van der Waals surface area (Å²) in [4.78, 5) is 0. The Morgan fingerprint density at radius 1 is 1.47 bits per heavy atom. The molecule has 1 unspecified atom stereocenters. The van der Waals surface area contributed by atoms with Crippen LogP contribution >= 0.6 is 0 Å². The summed E-state index contributed by atoms with van der Waals surface area (Å²) in [6.07, 6.45) is 1.02. The molecule has 0 amide bonds. The zero-order chi connectivity index (χ0) is 10.8. The Kier molecular flexibility index (Phi) is 2.46. The lowest BCUT2D eigenvalue weighted by molar-refractivity contribution is 0.194.